The highest BCUT2D eigenvalue weighted by atomic mass is 32.1. The molecule has 3 N–H and O–H groups in total. The molecule has 1 rings (SSSR count). The van der Waals surface area contributed by atoms with Crippen LogP contribution in [0.1, 0.15) is 12.0 Å². The topological polar surface area (TPSA) is 72.2 Å². The summed E-state index contributed by atoms with van der Waals surface area (Å²) in [5, 5.41) is 2.29. The van der Waals surface area contributed by atoms with Crippen LogP contribution in [0.5, 0.6) is 0 Å². The minimum Gasteiger partial charge on any atom is -0.369 e. The second-order valence-electron chi connectivity index (χ2n) is 3.90. The molecular formula is C12H15FN2O2S. The van der Waals surface area contributed by atoms with Crippen LogP contribution < -0.4 is 11.1 Å². The Morgan fingerprint density at radius 3 is 2.67 bits per heavy atom. The van der Waals surface area contributed by atoms with Gasteiger partial charge in [0.15, 0.2) is 0 Å². The Bertz CT molecular complexity index is 440. The Kier molecular flexibility index (Phi) is 5.64. The normalized spacial score (nSPS) is 11.9. The van der Waals surface area contributed by atoms with E-state index in [4.69, 9.17) is 5.73 Å². The molecule has 0 radical (unpaired) electrons. The first-order valence-corrected chi connectivity index (χ1v) is 5.97. The molecule has 0 spiro atoms. The van der Waals surface area contributed by atoms with E-state index in [1.54, 1.807) is 18.2 Å². The summed E-state index contributed by atoms with van der Waals surface area (Å²) in [5.41, 5.74) is 5.42. The summed E-state index contributed by atoms with van der Waals surface area (Å²) >= 11 is 4.26. The lowest BCUT2D eigenvalue weighted by Gasteiger charge is -2.12. The van der Waals surface area contributed by atoms with Crippen LogP contribution in [0.2, 0.25) is 0 Å². The Morgan fingerprint density at radius 2 is 2.06 bits per heavy atom. The van der Waals surface area contributed by atoms with E-state index < -0.39 is 11.8 Å². The van der Waals surface area contributed by atoms with Gasteiger partial charge < -0.3 is 11.1 Å². The number of nitrogens with two attached hydrogens (primary N) is 1. The molecule has 6 heteroatoms. The number of rotatable bonds is 6. The van der Waals surface area contributed by atoms with Crippen molar-refractivity contribution in [3.63, 3.8) is 0 Å². The van der Waals surface area contributed by atoms with E-state index in [-0.39, 0.29) is 24.0 Å². The number of halogens is 1. The zero-order valence-corrected chi connectivity index (χ0v) is 10.6. The monoisotopic (exact) mass is 270 g/mol. The Balaban J connectivity index is 2.38. The largest absolute Gasteiger partial charge is 0.369 e. The van der Waals surface area contributed by atoms with E-state index in [1.807, 2.05) is 0 Å². The molecular weight excluding hydrogens is 255 g/mol. The van der Waals surface area contributed by atoms with Gasteiger partial charge in [0.05, 0.1) is 0 Å². The number of nitrogens with one attached hydrogen (secondary N) is 1. The van der Waals surface area contributed by atoms with Gasteiger partial charge in [-0.1, -0.05) is 18.2 Å². The highest BCUT2D eigenvalue weighted by molar-refractivity contribution is 7.81. The molecule has 0 unspecified atom stereocenters. The molecule has 1 aromatic carbocycles. The number of thiol groups is 1. The van der Waals surface area contributed by atoms with Gasteiger partial charge in [0.1, 0.15) is 12.2 Å². The molecule has 0 saturated heterocycles. The number of carbonyl (C=O) groups excluding carboxylic acids is 2. The third-order valence-electron chi connectivity index (χ3n) is 2.28. The fraction of sp³-hybridized carbons (Fsp3) is 0.333. The lowest BCUT2D eigenvalue weighted by atomic mass is 10.1. The number of primary amides is 1. The number of hydrogen-bond acceptors (Lipinski definition) is 3. The molecule has 0 saturated carbocycles. The van der Waals surface area contributed by atoms with Gasteiger partial charge in [-0.05, 0) is 18.1 Å². The standard InChI is InChI=1S/C12H15FN2O2S/c13-10-4-2-1-3-8(10)5-9(18)7-15-12(17)6-11(14)16/h1-4,9,18H,5-7H2,(H2,14,16)(H,15,17)/t9-/m1/s1. The molecule has 98 valence electrons. The molecule has 0 aromatic heterocycles. The Hall–Kier alpha value is -1.56. The van der Waals surface area contributed by atoms with Crippen molar-refractivity contribution in [2.45, 2.75) is 18.1 Å². The summed E-state index contributed by atoms with van der Waals surface area (Å²) in [5.74, 6) is -1.42. The zero-order chi connectivity index (χ0) is 13.5. The minimum atomic E-state index is -0.683. The maximum Gasteiger partial charge on any atom is 0.229 e. The highest BCUT2D eigenvalue weighted by Gasteiger charge is 2.11. The summed E-state index contributed by atoms with van der Waals surface area (Å²) in [4.78, 5) is 21.6. The molecule has 1 aromatic rings. The first-order chi connectivity index (χ1) is 8.49. The van der Waals surface area contributed by atoms with Crippen molar-refractivity contribution in [2.24, 2.45) is 5.73 Å². The third-order valence-corrected chi connectivity index (χ3v) is 2.65. The van der Waals surface area contributed by atoms with Crippen molar-refractivity contribution in [3.8, 4) is 0 Å². The van der Waals surface area contributed by atoms with E-state index in [0.717, 1.165) is 0 Å². The van der Waals surface area contributed by atoms with Crippen LogP contribution in [0.15, 0.2) is 24.3 Å². The first kappa shape index (κ1) is 14.5. The number of hydrogen-bond donors (Lipinski definition) is 3. The Morgan fingerprint density at radius 1 is 1.39 bits per heavy atom. The lowest BCUT2D eigenvalue weighted by molar-refractivity contribution is -0.127. The smallest absolute Gasteiger partial charge is 0.229 e. The first-order valence-electron chi connectivity index (χ1n) is 5.45. The van der Waals surface area contributed by atoms with Crippen molar-refractivity contribution in [2.75, 3.05) is 6.54 Å². The summed E-state index contributed by atoms with van der Waals surface area (Å²) < 4.78 is 13.3. The van der Waals surface area contributed by atoms with Crippen molar-refractivity contribution in [3.05, 3.63) is 35.6 Å². The zero-order valence-electron chi connectivity index (χ0n) is 9.73. The fourth-order valence-corrected chi connectivity index (χ4v) is 1.73. The van der Waals surface area contributed by atoms with Crippen LogP contribution >= 0.6 is 12.6 Å². The second kappa shape index (κ2) is 7.00. The number of benzene rings is 1. The van der Waals surface area contributed by atoms with Gasteiger partial charge in [-0.25, -0.2) is 4.39 Å². The van der Waals surface area contributed by atoms with Crippen molar-refractivity contribution >= 4 is 24.4 Å². The van der Waals surface area contributed by atoms with Crippen LogP contribution in [0.4, 0.5) is 4.39 Å². The molecule has 0 heterocycles. The second-order valence-corrected chi connectivity index (χ2v) is 4.63. The summed E-state index contributed by atoms with van der Waals surface area (Å²) in [6, 6.07) is 6.40. The molecule has 0 fully saturated rings. The van der Waals surface area contributed by atoms with Crippen LogP contribution in [-0.2, 0) is 16.0 Å². The molecule has 0 aliphatic carbocycles. The summed E-state index contributed by atoms with van der Waals surface area (Å²) in [6.45, 7) is 0.254. The SMILES string of the molecule is NC(=O)CC(=O)NC[C@H](S)Cc1ccccc1F. The predicted molar refractivity (Wildman–Crippen MR) is 69.7 cm³/mol. The van der Waals surface area contributed by atoms with Gasteiger partial charge in [0.25, 0.3) is 0 Å². The van der Waals surface area contributed by atoms with E-state index in [1.165, 1.54) is 6.07 Å². The average Bonchev–Trinajstić information content (AvgIpc) is 2.29. The molecule has 1 atom stereocenters. The predicted octanol–water partition coefficient (Wildman–Crippen LogP) is 0.658. The molecule has 2 amide bonds. The van der Waals surface area contributed by atoms with Crippen molar-refractivity contribution in [1.82, 2.24) is 5.32 Å². The van der Waals surface area contributed by atoms with Crippen LogP contribution in [-0.4, -0.2) is 23.6 Å². The van der Waals surface area contributed by atoms with Gasteiger partial charge in [-0.15, -0.1) is 0 Å². The summed E-state index contributed by atoms with van der Waals surface area (Å²) in [7, 11) is 0. The number of carbonyl (C=O) groups is 2. The highest BCUT2D eigenvalue weighted by Crippen LogP contribution is 2.11. The minimum absolute atomic E-state index is 0.223. The van der Waals surface area contributed by atoms with E-state index >= 15 is 0 Å². The molecule has 0 bridgehead atoms. The van der Waals surface area contributed by atoms with Gasteiger partial charge >= 0.3 is 0 Å². The fourth-order valence-electron chi connectivity index (χ4n) is 1.44. The lowest BCUT2D eigenvalue weighted by Crippen LogP contribution is -2.33. The van der Waals surface area contributed by atoms with E-state index in [2.05, 4.69) is 17.9 Å². The average molecular weight is 270 g/mol. The Labute approximate surface area is 110 Å². The number of amides is 2. The quantitative estimate of drug-likeness (QED) is 0.525. The van der Waals surface area contributed by atoms with Crippen LogP contribution in [0, 0.1) is 5.82 Å². The maximum atomic E-state index is 13.3. The molecule has 4 nitrogen and oxygen atoms in total. The van der Waals surface area contributed by atoms with Gasteiger partial charge in [-0.3, -0.25) is 9.59 Å². The molecule has 0 aliphatic rings. The molecule has 0 aliphatic heterocycles. The van der Waals surface area contributed by atoms with E-state index in [9.17, 15) is 14.0 Å². The molecule has 18 heavy (non-hydrogen) atoms. The maximum absolute atomic E-state index is 13.3. The van der Waals surface area contributed by atoms with Crippen LogP contribution in [0.25, 0.3) is 0 Å². The third kappa shape index (κ3) is 5.18. The van der Waals surface area contributed by atoms with Crippen molar-refractivity contribution in [1.29, 1.82) is 0 Å². The van der Waals surface area contributed by atoms with Crippen molar-refractivity contribution < 1.29 is 14.0 Å². The van der Waals surface area contributed by atoms with Gasteiger partial charge in [0, 0.05) is 11.8 Å². The van der Waals surface area contributed by atoms with Gasteiger partial charge in [-0.2, -0.15) is 12.6 Å². The van der Waals surface area contributed by atoms with Gasteiger partial charge in [0.2, 0.25) is 11.8 Å². The van der Waals surface area contributed by atoms with E-state index in [0.29, 0.717) is 12.0 Å². The van der Waals surface area contributed by atoms with Crippen LogP contribution in [0.3, 0.4) is 0 Å². The summed E-state index contributed by atoms with van der Waals surface area (Å²) in [6.07, 6.45) is 0.0484.